The first kappa shape index (κ1) is 51.2. The van der Waals surface area contributed by atoms with E-state index in [1.165, 1.54) is 128 Å². The van der Waals surface area contributed by atoms with Crippen LogP contribution in [0.1, 0.15) is 180 Å². The van der Waals surface area contributed by atoms with Crippen molar-refractivity contribution < 1.29 is 47.8 Å². The van der Waals surface area contributed by atoms with Gasteiger partial charge in [-0.1, -0.05) is 166 Å². The molecule has 3 N–H and O–H groups in total. The van der Waals surface area contributed by atoms with Crippen LogP contribution in [0.4, 0.5) is 0 Å². The number of allylic oxidation sites excluding steroid dienone is 4. The molecular weight excluding hydrogens is 695 g/mol. The highest BCUT2D eigenvalue weighted by Crippen LogP contribution is 2.43. The van der Waals surface area contributed by atoms with E-state index < -0.39 is 51.8 Å². The Morgan fingerprint density at radius 2 is 1.13 bits per heavy atom. The first-order valence-corrected chi connectivity index (χ1v) is 22.4. The molecule has 11 heteroatoms. The standard InChI is InChI=1S/C42H77O10P/c1-3-5-7-9-11-13-15-17-19-21-23-25-27-29-31-33-41(45)49-37-40(38-51-53(47,48)50-36-39(44)35-43)52-42(46)34-32-30-28-26-24-22-20-18-16-14-12-10-8-6-4-2/h4,27,29,31,33,39-40,43-44H,2-3,5-26,28,30,32,34-38H2,1H3,(H,47,48)/b29-27+,33-31+/t39-,40+/m0/s1. The second-order valence-corrected chi connectivity index (χ2v) is 15.6. The van der Waals surface area contributed by atoms with Crippen LogP contribution in [0.25, 0.3) is 0 Å². The summed E-state index contributed by atoms with van der Waals surface area (Å²) in [7, 11) is -4.63. The molecule has 0 rings (SSSR count). The molecule has 0 saturated carbocycles. The third-order valence-electron chi connectivity index (χ3n) is 9.02. The lowest BCUT2D eigenvalue weighted by Gasteiger charge is -2.20. The fraction of sp³-hybridized carbons (Fsp3) is 0.810. The predicted octanol–water partition coefficient (Wildman–Crippen LogP) is 10.8. The fourth-order valence-corrected chi connectivity index (χ4v) is 6.56. The molecule has 0 bridgehead atoms. The first-order chi connectivity index (χ1) is 25.7. The molecule has 3 atom stereocenters. The van der Waals surface area contributed by atoms with Crippen LogP contribution in [0, 0.1) is 0 Å². The lowest BCUT2D eigenvalue weighted by Crippen LogP contribution is -2.29. The monoisotopic (exact) mass is 773 g/mol. The summed E-state index contributed by atoms with van der Waals surface area (Å²) in [5.74, 6) is -1.18. The van der Waals surface area contributed by atoms with E-state index in [0.29, 0.717) is 6.42 Å². The van der Waals surface area contributed by atoms with Crippen LogP contribution in [-0.4, -0.2) is 65.7 Å². The van der Waals surface area contributed by atoms with Gasteiger partial charge in [0.15, 0.2) is 6.10 Å². The van der Waals surface area contributed by atoms with Gasteiger partial charge < -0.3 is 24.6 Å². The van der Waals surface area contributed by atoms with Gasteiger partial charge in [-0.05, 0) is 32.1 Å². The summed E-state index contributed by atoms with van der Waals surface area (Å²) in [6, 6.07) is 0. The van der Waals surface area contributed by atoms with E-state index in [1.54, 1.807) is 12.2 Å². The third kappa shape index (κ3) is 38.3. The van der Waals surface area contributed by atoms with Crippen molar-refractivity contribution in [1.29, 1.82) is 0 Å². The second-order valence-electron chi connectivity index (χ2n) is 14.2. The average molecular weight is 773 g/mol. The van der Waals surface area contributed by atoms with Crippen molar-refractivity contribution in [3.63, 3.8) is 0 Å². The van der Waals surface area contributed by atoms with Gasteiger partial charge in [0.25, 0.3) is 0 Å². The number of unbranched alkanes of at least 4 members (excludes halogenated alkanes) is 24. The molecule has 0 spiro atoms. The van der Waals surface area contributed by atoms with Gasteiger partial charge in [-0.25, -0.2) is 9.36 Å². The van der Waals surface area contributed by atoms with Gasteiger partial charge in [-0.2, -0.15) is 0 Å². The van der Waals surface area contributed by atoms with Gasteiger partial charge in [-0.15, -0.1) is 6.58 Å². The Hall–Kier alpha value is -1.81. The number of hydrogen-bond donors (Lipinski definition) is 3. The van der Waals surface area contributed by atoms with Crippen molar-refractivity contribution >= 4 is 19.8 Å². The Bertz CT molecular complexity index is 970. The van der Waals surface area contributed by atoms with Gasteiger partial charge >= 0.3 is 19.8 Å². The van der Waals surface area contributed by atoms with Crippen molar-refractivity contribution in [2.45, 2.75) is 192 Å². The fourth-order valence-electron chi connectivity index (χ4n) is 5.77. The van der Waals surface area contributed by atoms with Crippen molar-refractivity contribution in [1.82, 2.24) is 0 Å². The number of carbonyl (C=O) groups excluding carboxylic acids is 2. The van der Waals surface area contributed by atoms with E-state index in [9.17, 15) is 24.2 Å². The zero-order valence-electron chi connectivity index (χ0n) is 33.3. The number of hydrogen-bond acceptors (Lipinski definition) is 9. The lowest BCUT2D eigenvalue weighted by molar-refractivity contribution is -0.159. The Kier molecular flexibility index (Phi) is 37.2. The molecule has 0 aliphatic heterocycles. The van der Waals surface area contributed by atoms with Crippen LogP contribution in [0.3, 0.4) is 0 Å². The number of phosphoric acid groups is 1. The minimum absolute atomic E-state index is 0.164. The second kappa shape index (κ2) is 38.5. The summed E-state index contributed by atoms with van der Waals surface area (Å²) >= 11 is 0. The quantitative estimate of drug-likeness (QED) is 0.0137. The van der Waals surface area contributed by atoms with Crippen molar-refractivity contribution in [3.05, 3.63) is 37.0 Å². The Labute approximate surface area is 322 Å². The molecule has 310 valence electrons. The van der Waals surface area contributed by atoms with Gasteiger partial charge in [0.1, 0.15) is 12.7 Å². The predicted molar refractivity (Wildman–Crippen MR) is 214 cm³/mol. The molecule has 0 fully saturated rings. The van der Waals surface area contributed by atoms with E-state index in [-0.39, 0.29) is 13.0 Å². The summed E-state index contributed by atoms with van der Waals surface area (Å²) in [6.45, 7) is 3.77. The molecule has 0 aromatic carbocycles. The average Bonchev–Trinajstić information content (AvgIpc) is 3.14. The van der Waals surface area contributed by atoms with E-state index in [1.807, 2.05) is 12.2 Å². The van der Waals surface area contributed by atoms with E-state index in [0.717, 1.165) is 38.5 Å². The van der Waals surface area contributed by atoms with Gasteiger partial charge in [0.2, 0.25) is 0 Å². The minimum atomic E-state index is -4.63. The van der Waals surface area contributed by atoms with Crippen molar-refractivity contribution in [2.75, 3.05) is 26.4 Å². The zero-order valence-corrected chi connectivity index (χ0v) is 34.2. The van der Waals surface area contributed by atoms with Crippen LogP contribution in [-0.2, 0) is 32.7 Å². The van der Waals surface area contributed by atoms with Gasteiger partial charge in [0.05, 0.1) is 19.8 Å². The highest BCUT2D eigenvalue weighted by Gasteiger charge is 2.27. The molecule has 0 radical (unpaired) electrons. The topological polar surface area (TPSA) is 149 Å². The van der Waals surface area contributed by atoms with E-state index >= 15 is 0 Å². The Morgan fingerprint density at radius 1 is 0.660 bits per heavy atom. The molecule has 53 heavy (non-hydrogen) atoms. The van der Waals surface area contributed by atoms with E-state index in [4.69, 9.17) is 19.1 Å². The SMILES string of the molecule is C=CCCCCCCCCCCCCCCCC(=O)O[C@H](COC(=O)/C=C/C=C/CCCCCCCCCCCCC)COP(=O)(O)OC[C@@H](O)CO. The summed E-state index contributed by atoms with van der Waals surface area (Å²) in [5, 5.41) is 18.3. The molecular formula is C42H77O10P. The normalized spacial score (nSPS) is 14.0. The van der Waals surface area contributed by atoms with Gasteiger partial charge in [0, 0.05) is 12.5 Å². The third-order valence-corrected chi connectivity index (χ3v) is 9.97. The summed E-state index contributed by atoms with van der Waals surface area (Å²) < 4.78 is 32.5. The molecule has 1 unspecified atom stereocenters. The number of phosphoric ester groups is 1. The Balaban J connectivity index is 4.39. The molecule has 0 saturated heterocycles. The maximum absolute atomic E-state index is 12.6. The van der Waals surface area contributed by atoms with Crippen LogP contribution in [0.5, 0.6) is 0 Å². The molecule has 0 aromatic rings. The molecule has 0 amide bonds. The van der Waals surface area contributed by atoms with Crippen LogP contribution < -0.4 is 0 Å². The number of ether oxygens (including phenoxy) is 2. The molecule has 0 aliphatic carbocycles. The maximum Gasteiger partial charge on any atom is 0.472 e. The van der Waals surface area contributed by atoms with Crippen LogP contribution in [0.15, 0.2) is 37.0 Å². The minimum Gasteiger partial charge on any atom is -0.458 e. The number of carbonyl (C=O) groups is 2. The smallest absolute Gasteiger partial charge is 0.458 e. The van der Waals surface area contributed by atoms with Crippen molar-refractivity contribution in [3.8, 4) is 0 Å². The molecule has 10 nitrogen and oxygen atoms in total. The number of aliphatic hydroxyl groups excluding tert-OH is 2. The van der Waals surface area contributed by atoms with Crippen LogP contribution in [0.2, 0.25) is 0 Å². The Morgan fingerprint density at radius 3 is 1.64 bits per heavy atom. The highest BCUT2D eigenvalue weighted by molar-refractivity contribution is 7.47. The molecule has 0 aromatic heterocycles. The summed E-state index contributed by atoms with van der Waals surface area (Å²) in [5.41, 5.74) is 0. The lowest BCUT2D eigenvalue weighted by atomic mass is 10.0. The van der Waals surface area contributed by atoms with E-state index in [2.05, 4.69) is 18.0 Å². The number of rotatable bonds is 40. The zero-order chi connectivity index (χ0) is 39.1. The highest BCUT2D eigenvalue weighted by atomic mass is 31.2. The largest absolute Gasteiger partial charge is 0.472 e. The number of esters is 2. The maximum atomic E-state index is 12.6. The number of aliphatic hydroxyl groups is 2. The van der Waals surface area contributed by atoms with Crippen LogP contribution >= 0.6 is 7.82 Å². The van der Waals surface area contributed by atoms with Crippen molar-refractivity contribution in [2.24, 2.45) is 0 Å². The molecule has 0 heterocycles. The first-order valence-electron chi connectivity index (χ1n) is 20.9. The summed E-state index contributed by atoms with van der Waals surface area (Å²) in [4.78, 5) is 34.8. The molecule has 0 aliphatic rings. The van der Waals surface area contributed by atoms with Gasteiger partial charge in [-0.3, -0.25) is 13.8 Å². The summed E-state index contributed by atoms with van der Waals surface area (Å²) in [6.07, 6.45) is 37.8.